The number of nitrogens with one attached hydrogen (secondary N) is 3. The van der Waals surface area contributed by atoms with E-state index < -0.39 is 11.6 Å². The largest absolute Gasteiger partial charge is 0.356 e. The van der Waals surface area contributed by atoms with Crippen LogP contribution in [-0.4, -0.2) is 51.9 Å². The molecule has 0 spiro atoms. The molecular weight excluding hydrogens is 430 g/mol. The van der Waals surface area contributed by atoms with E-state index in [4.69, 9.17) is 17.3 Å². The molecule has 5 N–H and O–H groups in total. The molecule has 0 aliphatic carbocycles. The van der Waals surface area contributed by atoms with Gasteiger partial charge in [0.25, 0.3) is 0 Å². The quantitative estimate of drug-likeness (QED) is 0.449. The molecule has 1 aromatic carbocycles. The lowest BCUT2D eigenvalue weighted by Crippen LogP contribution is -2.60. The van der Waals surface area contributed by atoms with Crippen LogP contribution in [-0.2, 0) is 9.59 Å². The number of rotatable bonds is 6. The van der Waals surface area contributed by atoms with Crippen molar-refractivity contribution in [1.29, 1.82) is 0 Å². The van der Waals surface area contributed by atoms with Gasteiger partial charge in [0.1, 0.15) is 17.8 Å². The van der Waals surface area contributed by atoms with Gasteiger partial charge in [-0.3, -0.25) is 9.59 Å². The number of aromatic nitrogens is 3. The van der Waals surface area contributed by atoms with E-state index in [1.54, 1.807) is 12.1 Å². The molecule has 3 aromatic rings. The van der Waals surface area contributed by atoms with Gasteiger partial charge in [-0.05, 0) is 36.6 Å². The van der Waals surface area contributed by atoms with Crippen LogP contribution >= 0.6 is 11.6 Å². The number of hydrogen-bond acceptors (Lipinski definition) is 6. The van der Waals surface area contributed by atoms with Crippen LogP contribution in [0.4, 0.5) is 5.82 Å². The Morgan fingerprint density at radius 3 is 2.62 bits per heavy atom. The molecule has 1 atom stereocenters. The molecule has 2 amide bonds. The van der Waals surface area contributed by atoms with Crippen LogP contribution in [0, 0.1) is 0 Å². The van der Waals surface area contributed by atoms with Crippen LogP contribution in [0.25, 0.3) is 11.0 Å². The van der Waals surface area contributed by atoms with Gasteiger partial charge in [-0.25, -0.2) is 9.97 Å². The van der Waals surface area contributed by atoms with Crippen molar-refractivity contribution in [3.05, 3.63) is 53.4 Å². The van der Waals surface area contributed by atoms with Gasteiger partial charge in [0.15, 0.2) is 0 Å². The van der Waals surface area contributed by atoms with Crippen LogP contribution in [0.3, 0.4) is 0 Å². The molecule has 1 aliphatic rings. The first kappa shape index (κ1) is 22.0. The van der Waals surface area contributed by atoms with E-state index >= 15 is 0 Å². The summed E-state index contributed by atoms with van der Waals surface area (Å²) in [5.41, 5.74) is 7.16. The van der Waals surface area contributed by atoms with E-state index in [1.165, 1.54) is 13.3 Å². The molecular formula is C22H26ClN7O2. The summed E-state index contributed by atoms with van der Waals surface area (Å²) in [6, 6.07) is 8.70. The number of H-pyrrole nitrogens is 1. The van der Waals surface area contributed by atoms with Gasteiger partial charge in [-0.2, -0.15) is 0 Å². The summed E-state index contributed by atoms with van der Waals surface area (Å²) in [7, 11) is 0. The Bertz CT molecular complexity index is 1110. The van der Waals surface area contributed by atoms with Crippen LogP contribution in [0.2, 0.25) is 5.02 Å². The highest BCUT2D eigenvalue weighted by atomic mass is 35.5. The minimum Gasteiger partial charge on any atom is -0.356 e. The average Bonchev–Trinajstić information content (AvgIpc) is 3.27. The number of amides is 2. The van der Waals surface area contributed by atoms with E-state index in [9.17, 15) is 9.59 Å². The number of nitrogens with zero attached hydrogens (tertiary/aromatic N) is 3. The van der Waals surface area contributed by atoms with Crippen LogP contribution in [0.5, 0.6) is 0 Å². The lowest BCUT2D eigenvalue weighted by Gasteiger charge is -2.39. The Morgan fingerprint density at radius 2 is 1.94 bits per heavy atom. The number of benzene rings is 1. The topological polar surface area (TPSA) is 129 Å². The maximum absolute atomic E-state index is 13.2. The van der Waals surface area contributed by atoms with Gasteiger partial charge in [0.2, 0.25) is 11.8 Å². The zero-order valence-corrected chi connectivity index (χ0v) is 18.5. The minimum absolute atomic E-state index is 0.171. The third-order valence-electron chi connectivity index (χ3n) is 5.87. The number of fused-ring (bicyclic) bond motifs is 1. The van der Waals surface area contributed by atoms with Crippen molar-refractivity contribution < 1.29 is 9.59 Å². The summed E-state index contributed by atoms with van der Waals surface area (Å²) >= 11 is 5.99. The lowest BCUT2D eigenvalue weighted by atomic mass is 9.87. The van der Waals surface area contributed by atoms with E-state index in [-0.39, 0.29) is 18.4 Å². The highest BCUT2D eigenvalue weighted by Gasteiger charge is 2.39. The predicted octanol–water partition coefficient (Wildman–Crippen LogP) is 1.90. The normalized spacial score (nSPS) is 16.5. The SMILES string of the molecule is CC(=O)NCC(NC(=O)C1(N)CCN(c2ncnc3[nH]ccc23)CC1)c1ccc(Cl)cc1. The number of aromatic amines is 1. The molecule has 0 bridgehead atoms. The van der Waals surface area contributed by atoms with Crippen LogP contribution in [0.1, 0.15) is 31.4 Å². The van der Waals surface area contributed by atoms with Gasteiger partial charge in [-0.1, -0.05) is 23.7 Å². The second kappa shape index (κ2) is 9.13. The zero-order valence-electron chi connectivity index (χ0n) is 17.8. The molecule has 3 heterocycles. The Hall–Kier alpha value is -3.17. The zero-order chi connectivity index (χ0) is 22.7. The molecule has 0 radical (unpaired) electrons. The van der Waals surface area contributed by atoms with Crippen molar-refractivity contribution in [2.45, 2.75) is 31.3 Å². The molecule has 10 heteroatoms. The highest BCUT2D eigenvalue weighted by molar-refractivity contribution is 6.30. The molecule has 168 valence electrons. The van der Waals surface area contributed by atoms with Crippen molar-refractivity contribution in [2.75, 3.05) is 24.5 Å². The maximum Gasteiger partial charge on any atom is 0.240 e. The van der Waals surface area contributed by atoms with Crippen LogP contribution in [0.15, 0.2) is 42.9 Å². The third-order valence-corrected chi connectivity index (χ3v) is 6.13. The Balaban J connectivity index is 1.45. The summed E-state index contributed by atoms with van der Waals surface area (Å²) in [4.78, 5) is 38.5. The Kier molecular flexibility index (Phi) is 6.29. The predicted molar refractivity (Wildman–Crippen MR) is 123 cm³/mol. The third kappa shape index (κ3) is 4.68. The van der Waals surface area contributed by atoms with Gasteiger partial charge in [0.05, 0.1) is 17.0 Å². The van der Waals surface area contributed by atoms with Crippen molar-refractivity contribution in [3.63, 3.8) is 0 Å². The van der Waals surface area contributed by atoms with Gasteiger partial charge >= 0.3 is 0 Å². The number of halogens is 1. The highest BCUT2D eigenvalue weighted by Crippen LogP contribution is 2.28. The van der Waals surface area contributed by atoms with Gasteiger partial charge in [0, 0.05) is 37.8 Å². The summed E-state index contributed by atoms with van der Waals surface area (Å²) in [6.07, 6.45) is 4.31. The summed E-state index contributed by atoms with van der Waals surface area (Å²) in [5.74, 6) is 0.426. The van der Waals surface area contributed by atoms with Gasteiger partial charge in [-0.15, -0.1) is 0 Å². The Labute approximate surface area is 190 Å². The molecule has 1 saturated heterocycles. The van der Waals surface area contributed by atoms with Gasteiger partial charge < -0.3 is 26.3 Å². The summed E-state index contributed by atoms with van der Waals surface area (Å²) < 4.78 is 0. The van der Waals surface area contributed by atoms with E-state index in [2.05, 4.69) is 30.5 Å². The average molecular weight is 456 g/mol. The lowest BCUT2D eigenvalue weighted by molar-refractivity contribution is -0.128. The number of carbonyl (C=O) groups excluding carboxylic acids is 2. The first-order chi connectivity index (χ1) is 15.4. The fourth-order valence-corrected chi connectivity index (χ4v) is 4.08. The fraction of sp³-hybridized carbons (Fsp3) is 0.364. The number of nitrogens with two attached hydrogens (primary N) is 1. The molecule has 4 rings (SSSR count). The molecule has 0 saturated carbocycles. The number of hydrogen-bond donors (Lipinski definition) is 4. The smallest absolute Gasteiger partial charge is 0.240 e. The number of carbonyl (C=O) groups is 2. The number of piperidine rings is 1. The first-order valence-corrected chi connectivity index (χ1v) is 10.9. The molecule has 9 nitrogen and oxygen atoms in total. The first-order valence-electron chi connectivity index (χ1n) is 10.5. The van der Waals surface area contributed by atoms with E-state index in [0.29, 0.717) is 31.0 Å². The van der Waals surface area contributed by atoms with Crippen molar-refractivity contribution >= 4 is 40.3 Å². The van der Waals surface area contributed by atoms with E-state index in [0.717, 1.165) is 22.4 Å². The van der Waals surface area contributed by atoms with Crippen LogP contribution < -0.4 is 21.3 Å². The molecule has 32 heavy (non-hydrogen) atoms. The minimum atomic E-state index is -1.01. The summed E-state index contributed by atoms with van der Waals surface area (Å²) in [6.45, 7) is 2.89. The fourth-order valence-electron chi connectivity index (χ4n) is 3.95. The number of anilines is 1. The Morgan fingerprint density at radius 1 is 1.22 bits per heavy atom. The molecule has 1 unspecified atom stereocenters. The van der Waals surface area contributed by atoms with Crippen molar-refractivity contribution in [3.8, 4) is 0 Å². The van der Waals surface area contributed by atoms with Crippen molar-refractivity contribution in [1.82, 2.24) is 25.6 Å². The molecule has 2 aromatic heterocycles. The van der Waals surface area contributed by atoms with Crippen molar-refractivity contribution in [2.24, 2.45) is 5.73 Å². The second-order valence-electron chi connectivity index (χ2n) is 8.10. The molecule has 1 fully saturated rings. The van der Waals surface area contributed by atoms with E-state index in [1.807, 2.05) is 24.4 Å². The standard InChI is InChI=1S/C22H26ClN7O2/c1-14(31)26-12-18(15-2-4-16(23)5-3-15)29-21(32)22(24)7-10-30(11-8-22)20-17-6-9-25-19(17)27-13-28-20/h2-6,9,13,18H,7-8,10-12,24H2,1H3,(H,26,31)(H,29,32)(H,25,27,28). The second-order valence-corrected chi connectivity index (χ2v) is 8.53. The summed E-state index contributed by atoms with van der Waals surface area (Å²) in [5, 5.41) is 7.34. The maximum atomic E-state index is 13.2. The molecule has 1 aliphatic heterocycles. The monoisotopic (exact) mass is 455 g/mol.